The predicted molar refractivity (Wildman–Crippen MR) is 114 cm³/mol. The molecule has 0 aliphatic carbocycles. The van der Waals surface area contributed by atoms with Crippen LogP contribution in [0, 0.1) is 0 Å². The summed E-state index contributed by atoms with van der Waals surface area (Å²) in [5, 5.41) is 1.35. The molecule has 0 bridgehead atoms. The van der Waals surface area contributed by atoms with Gasteiger partial charge in [-0.2, -0.15) is 0 Å². The van der Waals surface area contributed by atoms with E-state index in [0.29, 0.717) is 29.4 Å². The first-order valence-electron chi connectivity index (χ1n) is 9.15. The van der Waals surface area contributed by atoms with Gasteiger partial charge in [-0.3, -0.25) is 9.36 Å². The summed E-state index contributed by atoms with van der Waals surface area (Å²) < 4.78 is 7.52. The van der Waals surface area contributed by atoms with E-state index in [4.69, 9.17) is 9.72 Å². The van der Waals surface area contributed by atoms with Crippen molar-refractivity contribution in [1.82, 2.24) is 9.55 Å². The Balaban J connectivity index is 1.58. The molecule has 0 unspecified atom stereocenters. The molecule has 3 aromatic carbocycles. The Morgan fingerprint density at radius 1 is 0.857 bits per heavy atom. The minimum Gasteiger partial charge on any atom is -0.493 e. The Hall–Kier alpha value is -3.05. The van der Waals surface area contributed by atoms with Gasteiger partial charge in [0.25, 0.3) is 5.56 Å². The molecule has 1 heterocycles. The van der Waals surface area contributed by atoms with Crippen LogP contribution in [0.2, 0.25) is 0 Å². The van der Waals surface area contributed by atoms with Gasteiger partial charge in [0, 0.05) is 5.75 Å². The van der Waals surface area contributed by atoms with E-state index in [1.807, 2.05) is 84.9 Å². The van der Waals surface area contributed by atoms with E-state index in [1.165, 1.54) is 0 Å². The number of para-hydroxylation sites is 2. The van der Waals surface area contributed by atoms with Crippen molar-refractivity contribution in [2.75, 3.05) is 12.4 Å². The van der Waals surface area contributed by atoms with Crippen molar-refractivity contribution in [2.45, 2.75) is 11.7 Å². The number of thioether (sulfide) groups is 1. The third kappa shape index (κ3) is 4.26. The van der Waals surface area contributed by atoms with Crippen molar-refractivity contribution >= 4 is 22.7 Å². The first kappa shape index (κ1) is 18.3. The molecule has 0 N–H and O–H groups in total. The summed E-state index contributed by atoms with van der Waals surface area (Å²) in [6.45, 7) is 1.04. The molecule has 28 heavy (non-hydrogen) atoms. The van der Waals surface area contributed by atoms with Crippen LogP contribution in [0.25, 0.3) is 10.9 Å². The first-order chi connectivity index (χ1) is 13.8. The van der Waals surface area contributed by atoms with Gasteiger partial charge >= 0.3 is 0 Å². The largest absolute Gasteiger partial charge is 0.493 e. The lowest BCUT2D eigenvalue weighted by Gasteiger charge is -2.13. The van der Waals surface area contributed by atoms with Gasteiger partial charge in [-0.1, -0.05) is 72.4 Å². The molecular weight excluding hydrogens is 368 g/mol. The molecule has 0 radical (unpaired) electrons. The van der Waals surface area contributed by atoms with Crippen molar-refractivity contribution in [3.63, 3.8) is 0 Å². The number of benzene rings is 3. The number of ether oxygens (including phenoxy) is 1. The number of rotatable bonds is 7. The minimum absolute atomic E-state index is 0.0130. The van der Waals surface area contributed by atoms with E-state index >= 15 is 0 Å². The van der Waals surface area contributed by atoms with Gasteiger partial charge in [-0.25, -0.2) is 4.98 Å². The van der Waals surface area contributed by atoms with Crippen LogP contribution in [0.4, 0.5) is 0 Å². The minimum atomic E-state index is -0.0130. The van der Waals surface area contributed by atoms with E-state index in [-0.39, 0.29) is 5.56 Å². The smallest absolute Gasteiger partial charge is 0.262 e. The van der Waals surface area contributed by atoms with Crippen molar-refractivity contribution in [2.24, 2.45) is 0 Å². The Morgan fingerprint density at radius 2 is 1.54 bits per heavy atom. The fourth-order valence-corrected chi connectivity index (χ4v) is 3.79. The molecular formula is C23H20N2O2S. The van der Waals surface area contributed by atoms with Gasteiger partial charge in [0.15, 0.2) is 5.16 Å². The van der Waals surface area contributed by atoms with Gasteiger partial charge in [-0.05, 0) is 29.8 Å². The van der Waals surface area contributed by atoms with Crippen LogP contribution < -0.4 is 10.3 Å². The fourth-order valence-electron chi connectivity index (χ4n) is 2.97. The number of nitrogens with zero attached hydrogens (tertiary/aromatic N) is 2. The molecule has 0 aliphatic heterocycles. The summed E-state index contributed by atoms with van der Waals surface area (Å²) in [4.78, 5) is 17.8. The summed E-state index contributed by atoms with van der Waals surface area (Å²) in [6, 6.07) is 27.2. The van der Waals surface area contributed by atoms with Crippen molar-refractivity contribution in [1.29, 1.82) is 0 Å². The van der Waals surface area contributed by atoms with Gasteiger partial charge < -0.3 is 4.74 Å². The van der Waals surface area contributed by atoms with Gasteiger partial charge in [-0.15, -0.1) is 0 Å². The molecule has 5 heteroatoms. The monoisotopic (exact) mass is 388 g/mol. The van der Waals surface area contributed by atoms with Crippen LogP contribution >= 0.6 is 11.8 Å². The molecule has 4 nitrogen and oxygen atoms in total. The van der Waals surface area contributed by atoms with Crippen molar-refractivity contribution in [3.8, 4) is 5.75 Å². The summed E-state index contributed by atoms with van der Waals surface area (Å²) in [5.74, 6) is 1.55. The topological polar surface area (TPSA) is 44.1 Å². The lowest BCUT2D eigenvalue weighted by Crippen LogP contribution is -2.24. The normalized spacial score (nSPS) is 10.9. The second-order valence-electron chi connectivity index (χ2n) is 6.30. The van der Waals surface area contributed by atoms with Crippen LogP contribution in [-0.2, 0) is 6.54 Å². The maximum atomic E-state index is 13.1. The number of aromatic nitrogens is 2. The number of fused-ring (bicyclic) bond motifs is 1. The molecule has 0 fully saturated rings. The van der Waals surface area contributed by atoms with Gasteiger partial charge in [0.05, 0.1) is 24.1 Å². The third-order valence-corrected chi connectivity index (χ3v) is 5.28. The van der Waals surface area contributed by atoms with Crippen LogP contribution in [0.15, 0.2) is 94.9 Å². The highest BCUT2D eigenvalue weighted by molar-refractivity contribution is 7.99. The Morgan fingerprint density at radius 3 is 2.32 bits per heavy atom. The van der Waals surface area contributed by atoms with Crippen molar-refractivity contribution in [3.05, 3.63) is 101 Å². The maximum absolute atomic E-state index is 13.1. The Bertz CT molecular complexity index is 1110. The SMILES string of the molecule is O=c1c2ccccc2nc(SCCOc2ccccc2)n1Cc1ccccc1. The third-order valence-electron chi connectivity index (χ3n) is 4.34. The molecule has 0 spiro atoms. The molecule has 4 aromatic rings. The fraction of sp³-hybridized carbons (Fsp3) is 0.130. The van der Waals surface area contributed by atoms with E-state index in [0.717, 1.165) is 16.8 Å². The summed E-state index contributed by atoms with van der Waals surface area (Å²) in [5.41, 5.74) is 1.79. The Labute approximate surface area is 167 Å². The average molecular weight is 388 g/mol. The Kier molecular flexibility index (Phi) is 5.73. The summed E-state index contributed by atoms with van der Waals surface area (Å²) in [6.07, 6.45) is 0. The highest BCUT2D eigenvalue weighted by atomic mass is 32.2. The molecule has 0 aliphatic rings. The zero-order valence-electron chi connectivity index (χ0n) is 15.3. The maximum Gasteiger partial charge on any atom is 0.262 e. The molecule has 0 saturated carbocycles. The van der Waals surface area contributed by atoms with E-state index < -0.39 is 0 Å². The van der Waals surface area contributed by atoms with Crippen molar-refractivity contribution < 1.29 is 4.74 Å². The predicted octanol–water partition coefficient (Wildman–Crippen LogP) is 4.62. The molecule has 0 atom stereocenters. The van der Waals surface area contributed by atoms with Gasteiger partial charge in [0.2, 0.25) is 0 Å². The van der Waals surface area contributed by atoms with Crippen LogP contribution in [-0.4, -0.2) is 21.9 Å². The quantitative estimate of drug-likeness (QED) is 0.263. The van der Waals surface area contributed by atoms with Crippen LogP contribution in [0.3, 0.4) is 0 Å². The second kappa shape index (κ2) is 8.76. The summed E-state index contributed by atoms with van der Waals surface area (Å²) in [7, 11) is 0. The number of hydrogen-bond acceptors (Lipinski definition) is 4. The molecule has 0 saturated heterocycles. The highest BCUT2D eigenvalue weighted by Gasteiger charge is 2.12. The lowest BCUT2D eigenvalue weighted by atomic mass is 10.2. The standard InChI is InChI=1S/C23H20N2O2S/c26-22-20-13-7-8-14-21(20)24-23(25(22)17-18-9-3-1-4-10-18)28-16-15-27-19-11-5-2-6-12-19/h1-14H,15-17H2. The molecule has 1 aromatic heterocycles. The van der Waals surface area contributed by atoms with Crippen LogP contribution in [0.5, 0.6) is 5.75 Å². The second-order valence-corrected chi connectivity index (χ2v) is 7.36. The first-order valence-corrected chi connectivity index (χ1v) is 10.1. The molecule has 0 amide bonds. The van der Waals surface area contributed by atoms with E-state index in [1.54, 1.807) is 16.3 Å². The van der Waals surface area contributed by atoms with Crippen LogP contribution in [0.1, 0.15) is 5.56 Å². The van der Waals surface area contributed by atoms with Gasteiger partial charge in [0.1, 0.15) is 5.75 Å². The zero-order chi connectivity index (χ0) is 19.2. The zero-order valence-corrected chi connectivity index (χ0v) is 16.1. The van der Waals surface area contributed by atoms with E-state index in [2.05, 4.69) is 0 Å². The summed E-state index contributed by atoms with van der Waals surface area (Å²) >= 11 is 1.54. The van der Waals surface area contributed by atoms with E-state index in [9.17, 15) is 4.79 Å². The number of hydrogen-bond donors (Lipinski definition) is 0. The highest BCUT2D eigenvalue weighted by Crippen LogP contribution is 2.19. The molecule has 4 rings (SSSR count). The average Bonchev–Trinajstić information content (AvgIpc) is 2.75. The lowest BCUT2D eigenvalue weighted by molar-refractivity contribution is 0.344. The molecule has 140 valence electrons.